The Morgan fingerprint density at radius 2 is 2.47 bits per heavy atom. The van der Waals surface area contributed by atoms with Crippen LogP contribution in [0.5, 0.6) is 0 Å². The van der Waals surface area contributed by atoms with Gasteiger partial charge in [0.2, 0.25) is 0 Å². The molecule has 1 aromatic rings. The number of carbonyl (C=O) groups excluding carboxylic acids is 1. The third-order valence-corrected chi connectivity index (χ3v) is 3.64. The van der Waals surface area contributed by atoms with Crippen LogP contribution in [-0.2, 0) is 0 Å². The zero-order chi connectivity index (χ0) is 13.7. The van der Waals surface area contributed by atoms with E-state index in [4.69, 9.17) is 9.52 Å². The van der Waals surface area contributed by atoms with E-state index in [0.717, 1.165) is 38.0 Å². The first kappa shape index (κ1) is 14.1. The molecule has 2 N–H and O–H groups in total. The molecule has 0 aromatic carbocycles. The second-order valence-electron chi connectivity index (χ2n) is 5.18. The number of hydrogen-bond donors (Lipinski definition) is 2. The number of carbonyl (C=O) groups is 1. The van der Waals surface area contributed by atoms with E-state index in [2.05, 4.69) is 10.2 Å². The molecule has 0 bridgehead atoms. The highest BCUT2D eigenvalue weighted by Gasteiger charge is 2.19. The highest BCUT2D eigenvalue weighted by atomic mass is 16.3. The summed E-state index contributed by atoms with van der Waals surface area (Å²) in [5.41, 5.74) is 0.857. The van der Waals surface area contributed by atoms with Gasteiger partial charge in [-0.1, -0.05) is 0 Å². The number of aliphatic hydroxyl groups excluding tert-OH is 1. The molecular weight excluding hydrogens is 244 g/mol. The quantitative estimate of drug-likeness (QED) is 0.835. The standard InChI is InChI=1S/C14H22N2O3/c1-11-4-8-19-13(11)14(18)15-5-7-16-6-2-3-12(9-16)10-17/h4,8,12,17H,2-3,5-7,9-10H2,1H3,(H,15,18)/t12-/m0/s1. The van der Waals surface area contributed by atoms with Crippen LogP contribution in [0, 0.1) is 12.8 Å². The zero-order valence-electron chi connectivity index (χ0n) is 11.4. The van der Waals surface area contributed by atoms with Crippen molar-refractivity contribution in [1.29, 1.82) is 0 Å². The summed E-state index contributed by atoms with van der Waals surface area (Å²) in [6.07, 6.45) is 3.75. The Hall–Kier alpha value is -1.33. The number of likely N-dealkylation sites (tertiary alicyclic amines) is 1. The highest BCUT2D eigenvalue weighted by molar-refractivity contribution is 5.92. The van der Waals surface area contributed by atoms with Gasteiger partial charge in [0.1, 0.15) is 0 Å². The predicted octanol–water partition coefficient (Wildman–Crippen LogP) is 1.02. The molecule has 0 saturated carbocycles. The Balaban J connectivity index is 1.72. The number of nitrogens with one attached hydrogen (secondary N) is 1. The molecule has 106 valence electrons. The lowest BCUT2D eigenvalue weighted by molar-refractivity contribution is 0.0903. The highest BCUT2D eigenvalue weighted by Crippen LogP contribution is 2.15. The monoisotopic (exact) mass is 266 g/mol. The van der Waals surface area contributed by atoms with Crippen LogP contribution >= 0.6 is 0 Å². The van der Waals surface area contributed by atoms with E-state index in [-0.39, 0.29) is 12.5 Å². The van der Waals surface area contributed by atoms with Crippen LogP contribution in [0.25, 0.3) is 0 Å². The van der Waals surface area contributed by atoms with Crippen LogP contribution < -0.4 is 5.32 Å². The van der Waals surface area contributed by atoms with Crippen molar-refractivity contribution in [2.24, 2.45) is 5.92 Å². The van der Waals surface area contributed by atoms with E-state index < -0.39 is 0 Å². The summed E-state index contributed by atoms with van der Waals surface area (Å²) in [7, 11) is 0. The number of piperidine rings is 1. The summed E-state index contributed by atoms with van der Waals surface area (Å²) in [4.78, 5) is 14.1. The molecule has 0 unspecified atom stereocenters. The molecule has 2 heterocycles. The Morgan fingerprint density at radius 1 is 1.63 bits per heavy atom. The third-order valence-electron chi connectivity index (χ3n) is 3.64. The topological polar surface area (TPSA) is 65.7 Å². The van der Waals surface area contributed by atoms with E-state index in [9.17, 15) is 4.79 Å². The lowest BCUT2D eigenvalue weighted by Gasteiger charge is -2.31. The third kappa shape index (κ3) is 3.81. The lowest BCUT2D eigenvalue weighted by atomic mass is 9.99. The molecule has 0 spiro atoms. The SMILES string of the molecule is Cc1ccoc1C(=O)NCCN1CCC[C@H](CO)C1. The lowest BCUT2D eigenvalue weighted by Crippen LogP contribution is -2.41. The molecular formula is C14H22N2O3. The summed E-state index contributed by atoms with van der Waals surface area (Å²) in [6, 6.07) is 1.78. The molecule has 1 atom stereocenters. The fraction of sp³-hybridized carbons (Fsp3) is 0.643. The smallest absolute Gasteiger partial charge is 0.287 e. The van der Waals surface area contributed by atoms with Gasteiger partial charge >= 0.3 is 0 Å². The van der Waals surface area contributed by atoms with Crippen LogP contribution in [0.15, 0.2) is 16.7 Å². The molecule has 1 aromatic heterocycles. The second kappa shape index (κ2) is 6.73. The zero-order valence-corrected chi connectivity index (χ0v) is 11.4. The minimum Gasteiger partial charge on any atom is -0.459 e. The van der Waals surface area contributed by atoms with E-state index in [1.807, 2.05) is 6.92 Å². The Bertz CT molecular complexity index is 417. The van der Waals surface area contributed by atoms with Crippen LogP contribution in [0.3, 0.4) is 0 Å². The number of aryl methyl sites for hydroxylation is 1. The number of nitrogens with zero attached hydrogens (tertiary/aromatic N) is 1. The summed E-state index contributed by atoms with van der Waals surface area (Å²) < 4.78 is 5.14. The number of furan rings is 1. The van der Waals surface area contributed by atoms with Gasteiger partial charge in [0.05, 0.1) is 6.26 Å². The van der Waals surface area contributed by atoms with Crippen LogP contribution in [0.1, 0.15) is 29.0 Å². The molecule has 5 nitrogen and oxygen atoms in total. The van der Waals surface area contributed by atoms with Gasteiger partial charge in [-0.05, 0) is 38.3 Å². The van der Waals surface area contributed by atoms with Crippen LogP contribution in [0.2, 0.25) is 0 Å². The average molecular weight is 266 g/mol. The van der Waals surface area contributed by atoms with Crippen molar-refractivity contribution in [3.63, 3.8) is 0 Å². The summed E-state index contributed by atoms with van der Waals surface area (Å²) >= 11 is 0. The average Bonchev–Trinajstić information content (AvgIpc) is 2.85. The van der Waals surface area contributed by atoms with Gasteiger partial charge in [0.15, 0.2) is 5.76 Å². The first-order chi connectivity index (χ1) is 9.20. The number of hydrogen-bond acceptors (Lipinski definition) is 4. The van der Waals surface area contributed by atoms with E-state index in [1.54, 1.807) is 6.07 Å². The molecule has 0 radical (unpaired) electrons. The Labute approximate surface area is 113 Å². The molecule has 1 fully saturated rings. The minimum absolute atomic E-state index is 0.154. The largest absolute Gasteiger partial charge is 0.459 e. The van der Waals surface area contributed by atoms with Gasteiger partial charge in [-0.15, -0.1) is 0 Å². The van der Waals surface area contributed by atoms with Crippen LogP contribution in [-0.4, -0.2) is 48.7 Å². The molecule has 19 heavy (non-hydrogen) atoms. The van der Waals surface area contributed by atoms with E-state index in [1.165, 1.54) is 6.26 Å². The van der Waals surface area contributed by atoms with Crippen molar-refractivity contribution in [3.05, 3.63) is 23.7 Å². The molecule has 5 heteroatoms. The van der Waals surface area contributed by atoms with Gasteiger partial charge in [0, 0.05) is 31.8 Å². The normalized spacial score (nSPS) is 20.4. The molecule has 2 rings (SSSR count). The molecule has 0 aliphatic carbocycles. The maximum atomic E-state index is 11.8. The van der Waals surface area contributed by atoms with Gasteiger partial charge in [0.25, 0.3) is 5.91 Å². The summed E-state index contributed by atoms with van der Waals surface area (Å²) in [5.74, 6) is 0.627. The second-order valence-corrected chi connectivity index (χ2v) is 5.18. The number of rotatable bonds is 5. The number of amides is 1. The van der Waals surface area contributed by atoms with Crippen molar-refractivity contribution in [3.8, 4) is 0 Å². The van der Waals surface area contributed by atoms with E-state index in [0.29, 0.717) is 18.2 Å². The van der Waals surface area contributed by atoms with Crippen molar-refractivity contribution in [2.75, 3.05) is 32.8 Å². The van der Waals surface area contributed by atoms with Crippen molar-refractivity contribution >= 4 is 5.91 Å². The predicted molar refractivity (Wildman–Crippen MR) is 72.0 cm³/mol. The van der Waals surface area contributed by atoms with Gasteiger partial charge in [-0.3, -0.25) is 4.79 Å². The first-order valence-corrected chi connectivity index (χ1v) is 6.86. The van der Waals surface area contributed by atoms with Gasteiger partial charge in [-0.2, -0.15) is 0 Å². The Morgan fingerprint density at radius 3 is 3.16 bits per heavy atom. The maximum absolute atomic E-state index is 11.8. The van der Waals surface area contributed by atoms with Crippen molar-refractivity contribution in [2.45, 2.75) is 19.8 Å². The molecule has 1 amide bonds. The van der Waals surface area contributed by atoms with E-state index >= 15 is 0 Å². The van der Waals surface area contributed by atoms with Crippen molar-refractivity contribution < 1.29 is 14.3 Å². The summed E-state index contributed by atoms with van der Waals surface area (Å²) in [5, 5.41) is 12.0. The molecule has 1 aliphatic rings. The number of aliphatic hydroxyl groups is 1. The summed E-state index contributed by atoms with van der Waals surface area (Å²) in [6.45, 7) is 5.51. The molecule has 1 saturated heterocycles. The van der Waals surface area contributed by atoms with Gasteiger partial charge < -0.3 is 19.7 Å². The fourth-order valence-electron chi connectivity index (χ4n) is 2.52. The van der Waals surface area contributed by atoms with Crippen molar-refractivity contribution in [1.82, 2.24) is 10.2 Å². The Kier molecular flexibility index (Phi) is 4.99. The van der Waals surface area contributed by atoms with Crippen LogP contribution in [0.4, 0.5) is 0 Å². The maximum Gasteiger partial charge on any atom is 0.287 e. The van der Waals surface area contributed by atoms with Gasteiger partial charge in [-0.25, -0.2) is 0 Å². The fourth-order valence-corrected chi connectivity index (χ4v) is 2.52. The minimum atomic E-state index is -0.154. The first-order valence-electron chi connectivity index (χ1n) is 6.86. The molecule has 1 aliphatic heterocycles.